The zero-order chi connectivity index (χ0) is 17.3. The minimum absolute atomic E-state index is 0.00474. The van der Waals surface area contributed by atoms with Gasteiger partial charge in [0.05, 0.1) is 22.2 Å². The van der Waals surface area contributed by atoms with Crippen molar-refractivity contribution in [3.8, 4) is 0 Å². The molecule has 0 atom stereocenters. The number of nitrogens with one attached hydrogen (secondary N) is 1. The molecular weight excluding hydrogens is 386 g/mol. The van der Waals surface area contributed by atoms with E-state index < -0.39 is 17.6 Å². The Morgan fingerprint density at radius 2 is 2.17 bits per heavy atom. The molecule has 0 aliphatic rings. The van der Waals surface area contributed by atoms with E-state index in [4.69, 9.17) is 9.15 Å². The normalized spacial score (nSPS) is 10.8. The molecule has 0 spiro atoms. The van der Waals surface area contributed by atoms with Gasteiger partial charge in [0.25, 0.3) is 0 Å². The van der Waals surface area contributed by atoms with Gasteiger partial charge in [0, 0.05) is 18.5 Å². The fourth-order valence-electron chi connectivity index (χ4n) is 2.16. The maximum Gasteiger partial charge on any atom is 0.376 e. The van der Waals surface area contributed by atoms with Crippen LogP contribution in [0, 0.1) is 11.6 Å². The molecule has 0 saturated heterocycles. The lowest BCUT2D eigenvalue weighted by atomic mass is 10.2. The number of furan rings is 1. The molecule has 0 radical (unpaired) electrons. The number of carbonyl (C=O) groups is 1. The highest BCUT2D eigenvalue weighted by Gasteiger charge is 2.23. The van der Waals surface area contributed by atoms with Crippen LogP contribution < -0.4 is 5.32 Å². The molecule has 24 heavy (non-hydrogen) atoms. The second-order valence-electron chi connectivity index (χ2n) is 4.77. The Bertz CT molecular complexity index is 927. The Morgan fingerprint density at radius 3 is 2.92 bits per heavy atom. The van der Waals surface area contributed by atoms with Crippen LogP contribution in [0.15, 0.2) is 39.5 Å². The van der Waals surface area contributed by atoms with E-state index in [9.17, 15) is 13.6 Å². The van der Waals surface area contributed by atoms with E-state index in [1.807, 2.05) is 0 Å². The molecule has 3 rings (SSSR count). The average Bonchev–Trinajstić information content (AvgIpc) is 2.92. The third-order valence-corrected chi connectivity index (χ3v) is 3.83. The maximum absolute atomic E-state index is 14.1. The number of pyridine rings is 1. The first-order chi connectivity index (χ1) is 11.5. The Balaban J connectivity index is 2.12. The number of esters is 1. The van der Waals surface area contributed by atoms with Crippen LogP contribution in [0.25, 0.3) is 11.0 Å². The SMILES string of the molecule is CCOC(=O)c1oc2ccncc2c1Nc1cc(F)c(Br)cc1F. The van der Waals surface area contributed by atoms with Crippen molar-refractivity contribution in [2.45, 2.75) is 6.92 Å². The largest absolute Gasteiger partial charge is 0.460 e. The lowest BCUT2D eigenvalue weighted by molar-refractivity contribution is 0.0494. The molecular formula is C16H11BrF2N2O3. The topological polar surface area (TPSA) is 64.4 Å². The fourth-order valence-corrected chi connectivity index (χ4v) is 2.47. The van der Waals surface area contributed by atoms with Crippen LogP contribution in [0.4, 0.5) is 20.2 Å². The van der Waals surface area contributed by atoms with E-state index in [1.54, 1.807) is 13.0 Å². The highest BCUT2D eigenvalue weighted by molar-refractivity contribution is 9.10. The summed E-state index contributed by atoms with van der Waals surface area (Å²) in [6.45, 7) is 1.80. The summed E-state index contributed by atoms with van der Waals surface area (Å²) in [6.07, 6.45) is 2.95. The van der Waals surface area contributed by atoms with Crippen molar-refractivity contribution in [2.24, 2.45) is 0 Å². The van der Waals surface area contributed by atoms with Gasteiger partial charge in [-0.3, -0.25) is 4.98 Å². The number of nitrogens with zero attached hydrogens (tertiary/aromatic N) is 1. The van der Waals surface area contributed by atoms with Crippen LogP contribution in [0.2, 0.25) is 0 Å². The van der Waals surface area contributed by atoms with E-state index in [0.717, 1.165) is 12.1 Å². The molecule has 8 heteroatoms. The van der Waals surface area contributed by atoms with Crippen molar-refractivity contribution in [3.05, 3.63) is 52.5 Å². The van der Waals surface area contributed by atoms with E-state index in [0.29, 0.717) is 11.0 Å². The highest BCUT2D eigenvalue weighted by atomic mass is 79.9. The van der Waals surface area contributed by atoms with Gasteiger partial charge in [0.2, 0.25) is 5.76 Å². The van der Waals surface area contributed by atoms with Gasteiger partial charge in [-0.1, -0.05) is 0 Å². The number of aromatic nitrogens is 1. The number of fused-ring (bicyclic) bond motifs is 1. The second kappa shape index (κ2) is 6.56. The summed E-state index contributed by atoms with van der Waals surface area (Å²) in [5.74, 6) is -2.20. The molecule has 1 aromatic carbocycles. The van der Waals surface area contributed by atoms with Crippen LogP contribution in [-0.2, 0) is 4.74 Å². The number of hydrogen-bond acceptors (Lipinski definition) is 5. The molecule has 0 saturated carbocycles. The summed E-state index contributed by atoms with van der Waals surface area (Å²) >= 11 is 2.91. The molecule has 0 aliphatic heterocycles. The van der Waals surface area contributed by atoms with Crippen molar-refractivity contribution in [1.29, 1.82) is 0 Å². The minimum Gasteiger partial charge on any atom is -0.460 e. The maximum atomic E-state index is 14.1. The van der Waals surface area contributed by atoms with Gasteiger partial charge in [-0.25, -0.2) is 13.6 Å². The molecule has 2 aromatic heterocycles. The van der Waals surface area contributed by atoms with Gasteiger partial charge < -0.3 is 14.5 Å². The van der Waals surface area contributed by atoms with Crippen molar-refractivity contribution in [2.75, 3.05) is 11.9 Å². The quantitative estimate of drug-likeness (QED) is 0.507. The highest BCUT2D eigenvalue weighted by Crippen LogP contribution is 2.35. The summed E-state index contributed by atoms with van der Waals surface area (Å²) < 4.78 is 38.2. The van der Waals surface area contributed by atoms with Crippen molar-refractivity contribution in [3.63, 3.8) is 0 Å². The van der Waals surface area contributed by atoms with Crippen molar-refractivity contribution in [1.82, 2.24) is 4.98 Å². The zero-order valence-electron chi connectivity index (χ0n) is 12.4. The number of anilines is 2. The van der Waals surface area contributed by atoms with Gasteiger partial charge in [-0.05, 0) is 35.0 Å². The average molecular weight is 397 g/mol. The molecule has 0 unspecified atom stereocenters. The first-order valence-corrected chi connectivity index (χ1v) is 7.75. The smallest absolute Gasteiger partial charge is 0.376 e. The predicted octanol–water partition coefficient (Wildman–Crippen LogP) is 4.79. The van der Waals surface area contributed by atoms with E-state index >= 15 is 0 Å². The monoisotopic (exact) mass is 396 g/mol. The lowest BCUT2D eigenvalue weighted by Gasteiger charge is -2.09. The summed E-state index contributed by atoms with van der Waals surface area (Å²) in [7, 11) is 0. The van der Waals surface area contributed by atoms with Crippen LogP contribution >= 0.6 is 15.9 Å². The Morgan fingerprint density at radius 1 is 1.38 bits per heavy atom. The van der Waals surface area contributed by atoms with Crippen molar-refractivity contribution >= 4 is 44.2 Å². The molecule has 0 amide bonds. The molecule has 1 N–H and O–H groups in total. The predicted molar refractivity (Wildman–Crippen MR) is 87.3 cm³/mol. The van der Waals surface area contributed by atoms with Crippen LogP contribution in [0.3, 0.4) is 0 Å². The number of benzene rings is 1. The Hall–Kier alpha value is -2.48. The summed E-state index contributed by atoms with van der Waals surface area (Å²) in [5.41, 5.74) is 0.388. The van der Waals surface area contributed by atoms with Crippen LogP contribution in [0.5, 0.6) is 0 Å². The number of ether oxygens (including phenoxy) is 1. The summed E-state index contributed by atoms with van der Waals surface area (Å²) in [6, 6.07) is 3.52. The lowest BCUT2D eigenvalue weighted by Crippen LogP contribution is -2.06. The second-order valence-corrected chi connectivity index (χ2v) is 5.62. The van der Waals surface area contributed by atoms with Gasteiger partial charge >= 0.3 is 5.97 Å². The van der Waals surface area contributed by atoms with Crippen LogP contribution in [-0.4, -0.2) is 17.6 Å². The van der Waals surface area contributed by atoms with Gasteiger partial charge in [-0.2, -0.15) is 0 Å². The minimum atomic E-state index is -0.714. The molecule has 124 valence electrons. The first kappa shape index (κ1) is 16.4. The number of hydrogen-bond donors (Lipinski definition) is 1. The molecule has 3 aromatic rings. The van der Waals surface area contributed by atoms with Gasteiger partial charge in [0.15, 0.2) is 0 Å². The third-order valence-electron chi connectivity index (χ3n) is 3.22. The number of halogens is 3. The van der Waals surface area contributed by atoms with Gasteiger partial charge in [0.1, 0.15) is 22.9 Å². The number of rotatable bonds is 4. The standard InChI is InChI=1S/C16H11BrF2N2O3/c1-2-23-16(22)15-14(8-7-20-4-3-13(8)24-15)21-12-6-10(18)9(17)5-11(12)19/h3-7,21H,2H2,1H3. The van der Waals surface area contributed by atoms with Gasteiger partial charge in [-0.15, -0.1) is 0 Å². The number of carbonyl (C=O) groups excluding carboxylic acids is 1. The van der Waals surface area contributed by atoms with E-state index in [2.05, 4.69) is 26.2 Å². The molecule has 0 bridgehead atoms. The summed E-state index contributed by atoms with van der Waals surface area (Å²) in [5, 5.41) is 3.15. The Kier molecular flexibility index (Phi) is 4.48. The van der Waals surface area contributed by atoms with E-state index in [1.165, 1.54) is 12.4 Å². The molecule has 0 fully saturated rings. The molecule has 5 nitrogen and oxygen atoms in total. The Labute approximate surface area is 143 Å². The van der Waals surface area contributed by atoms with Crippen LogP contribution in [0.1, 0.15) is 17.5 Å². The molecule has 2 heterocycles. The summed E-state index contributed by atoms with van der Waals surface area (Å²) in [4.78, 5) is 16.0. The zero-order valence-corrected chi connectivity index (χ0v) is 14.0. The van der Waals surface area contributed by atoms with Crippen molar-refractivity contribution < 1.29 is 22.7 Å². The first-order valence-electron chi connectivity index (χ1n) is 6.96. The molecule has 0 aliphatic carbocycles. The third kappa shape index (κ3) is 2.96. The van der Waals surface area contributed by atoms with E-state index in [-0.39, 0.29) is 28.2 Å². The fraction of sp³-hybridized carbons (Fsp3) is 0.125.